The summed E-state index contributed by atoms with van der Waals surface area (Å²) in [5.74, 6) is -0.745. The Morgan fingerprint density at radius 2 is 1.65 bits per heavy atom. The lowest BCUT2D eigenvalue weighted by Crippen LogP contribution is -2.14. The number of carbonyl (C=O) groups excluding carboxylic acids is 2. The number of hydrogen-bond acceptors (Lipinski definition) is 4. The van der Waals surface area contributed by atoms with Crippen molar-refractivity contribution in [2.45, 2.75) is 6.92 Å². The number of methoxy groups -OCH3 is 1. The van der Waals surface area contributed by atoms with Gasteiger partial charge in [0.2, 0.25) is 0 Å². The number of nitrogens with one attached hydrogen (secondary N) is 2. The van der Waals surface area contributed by atoms with Gasteiger partial charge < -0.3 is 19.8 Å². The van der Waals surface area contributed by atoms with Gasteiger partial charge in [-0.25, -0.2) is 4.39 Å². The first-order valence-electron chi connectivity index (χ1n) is 9.51. The SMILES string of the molecule is COc1ccccc1NC(=O)c1ccc(NC(=O)c2oc3c(F)cccc3c2C)cc1. The lowest BCUT2D eigenvalue weighted by atomic mass is 10.1. The van der Waals surface area contributed by atoms with Crippen molar-refractivity contribution in [3.63, 3.8) is 0 Å². The van der Waals surface area contributed by atoms with Crippen LogP contribution in [0.3, 0.4) is 0 Å². The van der Waals surface area contributed by atoms with Crippen LogP contribution in [0.2, 0.25) is 0 Å². The van der Waals surface area contributed by atoms with Crippen LogP contribution in [0.5, 0.6) is 5.75 Å². The van der Waals surface area contributed by atoms with Crippen molar-refractivity contribution in [3.8, 4) is 5.75 Å². The normalized spacial score (nSPS) is 10.7. The van der Waals surface area contributed by atoms with E-state index in [-0.39, 0.29) is 17.3 Å². The molecule has 1 aromatic heterocycles. The fourth-order valence-electron chi connectivity index (χ4n) is 3.26. The minimum atomic E-state index is -0.523. The third-order valence-corrected chi connectivity index (χ3v) is 4.88. The minimum Gasteiger partial charge on any atom is -0.495 e. The van der Waals surface area contributed by atoms with Gasteiger partial charge >= 0.3 is 0 Å². The standard InChI is InChI=1S/C24H19FN2O4/c1-14-17-6-5-7-18(25)22(17)31-21(14)24(29)26-16-12-10-15(11-13-16)23(28)27-19-8-3-4-9-20(19)30-2/h3-13H,1-2H3,(H,26,29)(H,27,28). The Morgan fingerprint density at radius 1 is 0.903 bits per heavy atom. The number of anilines is 2. The molecule has 0 bridgehead atoms. The van der Waals surface area contributed by atoms with Gasteiger partial charge in [-0.05, 0) is 49.4 Å². The van der Waals surface area contributed by atoms with Crippen LogP contribution >= 0.6 is 0 Å². The number of fused-ring (bicyclic) bond motifs is 1. The first-order valence-corrected chi connectivity index (χ1v) is 9.51. The molecule has 4 rings (SSSR count). The number of furan rings is 1. The Morgan fingerprint density at radius 3 is 2.35 bits per heavy atom. The van der Waals surface area contributed by atoms with Crippen molar-refractivity contribution in [2.24, 2.45) is 0 Å². The zero-order valence-corrected chi connectivity index (χ0v) is 16.9. The molecular formula is C24H19FN2O4. The van der Waals surface area contributed by atoms with Gasteiger partial charge in [-0.15, -0.1) is 0 Å². The number of benzene rings is 3. The van der Waals surface area contributed by atoms with E-state index < -0.39 is 11.7 Å². The molecule has 6 nitrogen and oxygen atoms in total. The number of amides is 2. The van der Waals surface area contributed by atoms with E-state index in [1.54, 1.807) is 61.5 Å². The Hall–Kier alpha value is -4.13. The molecule has 7 heteroatoms. The summed E-state index contributed by atoms with van der Waals surface area (Å²) in [5.41, 5.74) is 2.04. The highest BCUT2D eigenvalue weighted by molar-refractivity contribution is 6.07. The third kappa shape index (κ3) is 3.98. The van der Waals surface area contributed by atoms with E-state index in [0.29, 0.717) is 33.6 Å². The Bertz CT molecular complexity index is 1280. The van der Waals surface area contributed by atoms with E-state index in [0.717, 1.165) is 0 Å². The molecule has 0 atom stereocenters. The molecule has 0 aliphatic rings. The van der Waals surface area contributed by atoms with Gasteiger partial charge in [0.25, 0.3) is 11.8 Å². The molecule has 0 aliphatic carbocycles. The Kier molecular flexibility index (Phi) is 5.41. The van der Waals surface area contributed by atoms with Gasteiger partial charge in [0.1, 0.15) is 5.75 Å². The molecule has 0 fully saturated rings. The van der Waals surface area contributed by atoms with Crippen LogP contribution in [0.1, 0.15) is 26.5 Å². The maximum Gasteiger partial charge on any atom is 0.291 e. The second kappa shape index (κ2) is 8.31. The number of aryl methyl sites for hydroxylation is 1. The van der Waals surface area contributed by atoms with E-state index in [4.69, 9.17) is 9.15 Å². The predicted molar refractivity (Wildman–Crippen MR) is 116 cm³/mol. The first kappa shape index (κ1) is 20.2. The van der Waals surface area contributed by atoms with E-state index in [9.17, 15) is 14.0 Å². The number of hydrogen-bond donors (Lipinski definition) is 2. The van der Waals surface area contributed by atoms with Gasteiger partial charge in [0.15, 0.2) is 17.2 Å². The maximum atomic E-state index is 13.9. The smallest absolute Gasteiger partial charge is 0.291 e. The van der Waals surface area contributed by atoms with Crippen molar-refractivity contribution in [1.82, 2.24) is 0 Å². The van der Waals surface area contributed by atoms with Crippen LogP contribution in [-0.4, -0.2) is 18.9 Å². The summed E-state index contributed by atoms with van der Waals surface area (Å²) in [5, 5.41) is 6.05. The second-order valence-electron chi connectivity index (χ2n) is 6.86. The molecule has 2 amide bonds. The lowest BCUT2D eigenvalue weighted by Gasteiger charge is -2.10. The molecule has 2 N–H and O–H groups in total. The van der Waals surface area contributed by atoms with Crippen LogP contribution < -0.4 is 15.4 Å². The molecule has 4 aromatic rings. The Balaban J connectivity index is 1.48. The van der Waals surface area contributed by atoms with E-state index in [1.165, 1.54) is 13.2 Å². The van der Waals surface area contributed by atoms with Crippen LogP contribution in [0.15, 0.2) is 71.1 Å². The number of rotatable bonds is 5. The summed E-state index contributed by atoms with van der Waals surface area (Å²) >= 11 is 0. The van der Waals surface area contributed by atoms with E-state index >= 15 is 0 Å². The van der Waals surface area contributed by atoms with E-state index in [2.05, 4.69) is 10.6 Å². The Labute approximate surface area is 177 Å². The maximum absolute atomic E-state index is 13.9. The van der Waals surface area contributed by atoms with Crippen molar-refractivity contribution in [1.29, 1.82) is 0 Å². The molecule has 0 saturated carbocycles. The molecule has 0 aliphatic heterocycles. The van der Waals surface area contributed by atoms with Crippen LogP contribution in [-0.2, 0) is 0 Å². The average molecular weight is 418 g/mol. The zero-order valence-electron chi connectivity index (χ0n) is 16.9. The summed E-state index contributed by atoms with van der Waals surface area (Å²) < 4.78 is 24.6. The largest absolute Gasteiger partial charge is 0.495 e. The van der Waals surface area contributed by atoms with Crippen molar-refractivity contribution < 1.29 is 23.1 Å². The fraction of sp³-hybridized carbons (Fsp3) is 0.0833. The zero-order chi connectivity index (χ0) is 22.0. The van der Waals surface area contributed by atoms with Crippen molar-refractivity contribution >= 4 is 34.2 Å². The van der Waals surface area contributed by atoms with Crippen molar-refractivity contribution in [2.75, 3.05) is 17.7 Å². The minimum absolute atomic E-state index is 0.0399. The van der Waals surface area contributed by atoms with Gasteiger partial charge in [-0.2, -0.15) is 0 Å². The first-order chi connectivity index (χ1) is 15.0. The third-order valence-electron chi connectivity index (χ3n) is 4.88. The van der Waals surface area contributed by atoms with Gasteiger partial charge in [-0.1, -0.05) is 24.3 Å². The molecule has 31 heavy (non-hydrogen) atoms. The van der Waals surface area contributed by atoms with Crippen LogP contribution in [0.4, 0.5) is 15.8 Å². The number of carbonyl (C=O) groups is 2. The number of halogens is 1. The van der Waals surface area contributed by atoms with Gasteiger partial charge in [-0.3, -0.25) is 9.59 Å². The summed E-state index contributed by atoms with van der Waals surface area (Å²) in [4.78, 5) is 25.1. The second-order valence-corrected chi connectivity index (χ2v) is 6.86. The van der Waals surface area contributed by atoms with Crippen LogP contribution in [0.25, 0.3) is 11.0 Å². The molecule has 0 radical (unpaired) electrons. The number of ether oxygens (including phenoxy) is 1. The predicted octanol–water partition coefficient (Wildman–Crippen LogP) is 5.39. The summed E-state index contributed by atoms with van der Waals surface area (Å²) in [7, 11) is 1.53. The van der Waals surface area contributed by atoms with E-state index in [1.807, 2.05) is 6.07 Å². The molecule has 0 saturated heterocycles. The molecule has 156 valence electrons. The van der Waals surface area contributed by atoms with Gasteiger partial charge in [0, 0.05) is 22.2 Å². The summed E-state index contributed by atoms with van der Waals surface area (Å²) in [6.07, 6.45) is 0. The highest BCUT2D eigenvalue weighted by atomic mass is 19.1. The molecule has 3 aromatic carbocycles. The lowest BCUT2D eigenvalue weighted by molar-refractivity contribution is 0.0996. The van der Waals surface area contributed by atoms with Crippen LogP contribution in [0, 0.1) is 12.7 Å². The monoisotopic (exact) mass is 418 g/mol. The topological polar surface area (TPSA) is 80.6 Å². The average Bonchev–Trinajstić information content (AvgIpc) is 3.12. The molecule has 1 heterocycles. The highest BCUT2D eigenvalue weighted by Crippen LogP contribution is 2.28. The molecule has 0 unspecified atom stereocenters. The summed E-state index contributed by atoms with van der Waals surface area (Å²) in [6, 6.07) is 18.0. The molecule has 0 spiro atoms. The molecular weight excluding hydrogens is 399 g/mol. The van der Waals surface area contributed by atoms with Gasteiger partial charge in [0.05, 0.1) is 12.8 Å². The highest BCUT2D eigenvalue weighted by Gasteiger charge is 2.20. The quantitative estimate of drug-likeness (QED) is 0.455. The summed E-state index contributed by atoms with van der Waals surface area (Å²) in [6.45, 7) is 1.70. The fourth-order valence-corrected chi connectivity index (χ4v) is 3.26. The van der Waals surface area contributed by atoms with Crippen molar-refractivity contribution in [3.05, 3.63) is 89.4 Å². The number of para-hydroxylation sites is 3.